The molecule has 7 nitrogen and oxygen atoms in total. The summed E-state index contributed by atoms with van der Waals surface area (Å²) in [4.78, 5) is 29.9. The molecule has 0 aromatic heterocycles. The number of hydrogen-bond donors (Lipinski definition) is 1. The van der Waals surface area contributed by atoms with Crippen LogP contribution < -0.4 is 9.62 Å². The third kappa shape index (κ3) is 8.45. The molecule has 0 saturated heterocycles. The van der Waals surface area contributed by atoms with Gasteiger partial charge in [0.1, 0.15) is 12.6 Å². The van der Waals surface area contributed by atoms with Gasteiger partial charge in [0.2, 0.25) is 11.8 Å². The number of carbonyl (C=O) groups is 2. The molecule has 0 saturated carbocycles. The summed E-state index contributed by atoms with van der Waals surface area (Å²) >= 11 is 13.1. The molecule has 2 amide bonds. The van der Waals surface area contributed by atoms with Crippen LogP contribution in [0.2, 0.25) is 10.0 Å². The van der Waals surface area contributed by atoms with Gasteiger partial charge < -0.3 is 10.2 Å². The molecular weight excluding hydrogens is 629 g/mol. The summed E-state index contributed by atoms with van der Waals surface area (Å²) in [5, 5.41) is 3.59. The maximum absolute atomic E-state index is 14.6. The van der Waals surface area contributed by atoms with E-state index < -0.39 is 28.5 Å². The van der Waals surface area contributed by atoms with Crippen LogP contribution in [-0.4, -0.2) is 43.8 Å². The van der Waals surface area contributed by atoms with Gasteiger partial charge in [0, 0.05) is 34.6 Å². The Bertz CT molecular complexity index is 1730. The number of nitrogens with one attached hydrogen (secondary N) is 1. The predicted molar refractivity (Wildman–Crippen MR) is 181 cm³/mol. The van der Waals surface area contributed by atoms with Crippen LogP contribution in [-0.2, 0) is 32.6 Å². The van der Waals surface area contributed by atoms with E-state index in [1.807, 2.05) is 63.2 Å². The van der Waals surface area contributed by atoms with Gasteiger partial charge in [0.15, 0.2) is 0 Å². The van der Waals surface area contributed by atoms with Gasteiger partial charge in [-0.1, -0.05) is 89.9 Å². The Morgan fingerprint density at radius 2 is 1.42 bits per heavy atom. The van der Waals surface area contributed by atoms with Gasteiger partial charge in [0.05, 0.1) is 10.6 Å². The van der Waals surface area contributed by atoms with Crippen molar-refractivity contribution in [2.45, 2.75) is 57.6 Å². The number of rotatable bonds is 12. The lowest BCUT2D eigenvalue weighted by Crippen LogP contribution is -2.54. The summed E-state index contributed by atoms with van der Waals surface area (Å²) in [5.41, 5.74) is 3.15. The molecule has 1 N–H and O–H groups in total. The normalized spacial score (nSPS) is 12.1. The predicted octanol–water partition coefficient (Wildman–Crippen LogP) is 6.97. The number of sulfonamides is 1. The van der Waals surface area contributed by atoms with Crippen LogP contribution in [0.4, 0.5) is 5.69 Å². The molecular formula is C35H37Cl2N3O4S. The average Bonchev–Trinajstić information content (AvgIpc) is 3.00. The van der Waals surface area contributed by atoms with E-state index in [0.29, 0.717) is 26.9 Å². The fourth-order valence-corrected chi connectivity index (χ4v) is 7.02. The minimum atomic E-state index is -4.20. The Labute approximate surface area is 275 Å². The van der Waals surface area contributed by atoms with Crippen LogP contribution in [0, 0.1) is 13.8 Å². The summed E-state index contributed by atoms with van der Waals surface area (Å²) in [6.45, 7) is 6.64. The Morgan fingerprint density at radius 3 is 2.02 bits per heavy atom. The topological polar surface area (TPSA) is 86.8 Å². The highest BCUT2D eigenvalue weighted by Gasteiger charge is 2.35. The first-order valence-corrected chi connectivity index (χ1v) is 16.8. The first-order valence-electron chi connectivity index (χ1n) is 14.6. The molecule has 0 aliphatic heterocycles. The number of aryl methyl sites for hydroxylation is 2. The first kappa shape index (κ1) is 34.0. The van der Waals surface area contributed by atoms with Crippen LogP contribution in [0.25, 0.3) is 0 Å². The van der Waals surface area contributed by atoms with E-state index in [2.05, 4.69) is 5.32 Å². The number of benzene rings is 4. The summed E-state index contributed by atoms with van der Waals surface area (Å²) < 4.78 is 29.5. The summed E-state index contributed by atoms with van der Waals surface area (Å²) in [6.07, 6.45) is 0.183. The molecule has 0 heterocycles. The monoisotopic (exact) mass is 665 g/mol. The maximum Gasteiger partial charge on any atom is 0.264 e. The Morgan fingerprint density at radius 1 is 0.822 bits per heavy atom. The minimum absolute atomic E-state index is 0.0396. The van der Waals surface area contributed by atoms with Crippen molar-refractivity contribution < 1.29 is 18.0 Å². The van der Waals surface area contributed by atoms with Crippen molar-refractivity contribution in [3.8, 4) is 0 Å². The number of halogens is 2. The Kier molecular flexibility index (Phi) is 11.3. The molecule has 10 heteroatoms. The van der Waals surface area contributed by atoms with Gasteiger partial charge in [-0.3, -0.25) is 13.9 Å². The zero-order valence-electron chi connectivity index (χ0n) is 25.7. The van der Waals surface area contributed by atoms with Crippen LogP contribution >= 0.6 is 23.2 Å². The van der Waals surface area contributed by atoms with Gasteiger partial charge in [-0.05, 0) is 74.7 Å². The van der Waals surface area contributed by atoms with E-state index in [0.717, 1.165) is 15.4 Å². The zero-order valence-corrected chi connectivity index (χ0v) is 28.0. The molecule has 4 rings (SSSR count). The molecule has 0 bridgehead atoms. The quantitative estimate of drug-likeness (QED) is 0.177. The van der Waals surface area contributed by atoms with Gasteiger partial charge >= 0.3 is 0 Å². The van der Waals surface area contributed by atoms with Crippen molar-refractivity contribution in [3.63, 3.8) is 0 Å². The number of carbonyl (C=O) groups excluding carboxylic acids is 2. The van der Waals surface area contributed by atoms with Crippen molar-refractivity contribution in [2.24, 2.45) is 0 Å². The highest BCUT2D eigenvalue weighted by Crippen LogP contribution is 2.30. The lowest BCUT2D eigenvalue weighted by Gasteiger charge is -2.35. The van der Waals surface area contributed by atoms with Crippen LogP contribution in [0.15, 0.2) is 102 Å². The lowest BCUT2D eigenvalue weighted by molar-refractivity contribution is -0.140. The van der Waals surface area contributed by atoms with Crippen molar-refractivity contribution in [1.29, 1.82) is 0 Å². The fraction of sp³-hybridized carbons (Fsp3) is 0.257. The zero-order chi connectivity index (χ0) is 32.7. The number of anilines is 1. The number of hydrogen-bond acceptors (Lipinski definition) is 4. The SMILES string of the molecule is Cc1ccc(C)c(N(CC(=O)N(Cc2c(Cl)cccc2Cl)C(Cc2ccccc2)C(=O)NC(C)C)S(=O)(=O)c2ccccc2)c1. The summed E-state index contributed by atoms with van der Waals surface area (Å²) in [5.74, 6) is -0.971. The third-order valence-corrected chi connectivity index (χ3v) is 9.82. The second kappa shape index (κ2) is 15.0. The molecule has 4 aromatic carbocycles. The first-order chi connectivity index (χ1) is 21.4. The van der Waals surface area contributed by atoms with Gasteiger partial charge in [0.25, 0.3) is 10.0 Å². The van der Waals surface area contributed by atoms with Crippen molar-refractivity contribution in [3.05, 3.63) is 129 Å². The van der Waals surface area contributed by atoms with Crippen LogP contribution in [0.3, 0.4) is 0 Å². The number of nitrogens with zero attached hydrogens (tertiary/aromatic N) is 2. The van der Waals surface area contributed by atoms with Gasteiger partial charge in [-0.15, -0.1) is 0 Å². The van der Waals surface area contributed by atoms with E-state index in [-0.39, 0.29) is 29.8 Å². The number of amides is 2. The van der Waals surface area contributed by atoms with Crippen molar-refractivity contribution in [1.82, 2.24) is 10.2 Å². The Balaban J connectivity index is 1.86. The average molecular weight is 667 g/mol. The lowest BCUT2D eigenvalue weighted by atomic mass is 10.0. The van der Waals surface area contributed by atoms with E-state index >= 15 is 0 Å². The van der Waals surface area contributed by atoms with Gasteiger partial charge in [-0.25, -0.2) is 8.42 Å². The Hall–Kier alpha value is -3.85. The fourth-order valence-electron chi connectivity index (χ4n) is 5.01. The molecule has 0 aliphatic rings. The third-order valence-electron chi connectivity index (χ3n) is 7.34. The maximum atomic E-state index is 14.6. The molecule has 0 spiro atoms. The van der Waals surface area contributed by atoms with Gasteiger partial charge in [-0.2, -0.15) is 0 Å². The van der Waals surface area contributed by atoms with E-state index in [9.17, 15) is 18.0 Å². The minimum Gasteiger partial charge on any atom is -0.352 e. The molecule has 45 heavy (non-hydrogen) atoms. The highest BCUT2D eigenvalue weighted by atomic mass is 35.5. The second-order valence-electron chi connectivity index (χ2n) is 11.2. The highest BCUT2D eigenvalue weighted by molar-refractivity contribution is 7.92. The largest absolute Gasteiger partial charge is 0.352 e. The second-order valence-corrected chi connectivity index (χ2v) is 13.9. The standard InChI is InChI=1S/C35H37Cl2N3O4S/c1-24(2)38-35(42)33(21-27-12-7-5-8-13-27)39(22-29-30(36)16-11-17-31(29)37)34(41)23-40(32-20-25(3)18-19-26(32)4)45(43,44)28-14-9-6-10-15-28/h5-20,24,33H,21-23H2,1-4H3,(H,38,42). The molecule has 4 aromatic rings. The summed E-state index contributed by atoms with van der Waals surface area (Å²) in [7, 11) is -4.20. The van der Waals surface area contributed by atoms with Crippen LogP contribution in [0.5, 0.6) is 0 Å². The molecule has 0 aliphatic carbocycles. The molecule has 0 fully saturated rings. The van der Waals surface area contributed by atoms with Crippen molar-refractivity contribution >= 4 is 50.7 Å². The molecule has 236 valence electrons. The molecule has 1 atom stereocenters. The smallest absolute Gasteiger partial charge is 0.264 e. The van der Waals surface area contributed by atoms with Crippen LogP contribution in [0.1, 0.15) is 36.1 Å². The van der Waals surface area contributed by atoms with E-state index in [1.54, 1.807) is 49.4 Å². The van der Waals surface area contributed by atoms with E-state index in [4.69, 9.17) is 23.2 Å². The molecule has 0 radical (unpaired) electrons. The van der Waals surface area contributed by atoms with Crippen molar-refractivity contribution in [2.75, 3.05) is 10.8 Å². The van der Waals surface area contributed by atoms with E-state index in [1.165, 1.54) is 17.0 Å². The summed E-state index contributed by atoms with van der Waals surface area (Å²) in [6, 6.07) is 26.6. The molecule has 1 unspecified atom stereocenters.